The zero-order chi connectivity index (χ0) is 11.4. The molecule has 1 aliphatic heterocycles. The maximum Gasteiger partial charge on any atom is 0.237 e. The van der Waals surface area contributed by atoms with Gasteiger partial charge in [-0.3, -0.25) is 9.69 Å². The minimum absolute atomic E-state index is 0.0680. The van der Waals surface area contributed by atoms with Crippen molar-refractivity contribution in [2.75, 3.05) is 13.1 Å². The number of nitrogens with one attached hydrogen (secondary N) is 1. The Balaban J connectivity index is 2.39. The Labute approximate surface area is 91.6 Å². The Morgan fingerprint density at radius 2 is 2.27 bits per heavy atom. The zero-order valence-corrected chi connectivity index (χ0v) is 9.86. The van der Waals surface area contributed by atoms with E-state index in [1.54, 1.807) is 0 Å². The van der Waals surface area contributed by atoms with Gasteiger partial charge >= 0.3 is 0 Å². The highest BCUT2D eigenvalue weighted by atomic mass is 16.3. The molecule has 4 nitrogen and oxygen atoms in total. The molecule has 0 aromatic carbocycles. The van der Waals surface area contributed by atoms with Crippen molar-refractivity contribution in [1.29, 1.82) is 0 Å². The van der Waals surface area contributed by atoms with Gasteiger partial charge in [0.15, 0.2) is 0 Å². The summed E-state index contributed by atoms with van der Waals surface area (Å²) in [7, 11) is 0. The SMILES string of the molecule is CCC(C)NC(=O)C(C)N1CC[C@H](O)C1. The lowest BCUT2D eigenvalue weighted by molar-refractivity contribution is -0.126. The Morgan fingerprint density at radius 3 is 2.73 bits per heavy atom. The number of aliphatic hydroxyl groups is 1. The quantitative estimate of drug-likeness (QED) is 0.710. The summed E-state index contributed by atoms with van der Waals surface area (Å²) in [6.45, 7) is 7.39. The molecule has 2 unspecified atom stereocenters. The molecule has 1 rings (SSSR count). The van der Waals surface area contributed by atoms with Crippen molar-refractivity contribution >= 4 is 5.91 Å². The normalized spacial score (nSPS) is 26.3. The molecule has 1 heterocycles. The molecule has 1 saturated heterocycles. The second-order valence-corrected chi connectivity index (χ2v) is 4.43. The van der Waals surface area contributed by atoms with Crippen LogP contribution >= 0.6 is 0 Å². The summed E-state index contributed by atoms with van der Waals surface area (Å²) in [6, 6.07) is 0.101. The number of carbonyl (C=O) groups is 1. The molecule has 15 heavy (non-hydrogen) atoms. The lowest BCUT2D eigenvalue weighted by atomic mass is 10.2. The van der Waals surface area contributed by atoms with Crippen LogP contribution in [0.1, 0.15) is 33.6 Å². The first-order valence-corrected chi connectivity index (χ1v) is 5.77. The highest BCUT2D eigenvalue weighted by molar-refractivity contribution is 5.81. The lowest BCUT2D eigenvalue weighted by Crippen LogP contribution is -2.46. The molecule has 1 aliphatic rings. The van der Waals surface area contributed by atoms with Gasteiger partial charge in [0.1, 0.15) is 0 Å². The van der Waals surface area contributed by atoms with E-state index in [4.69, 9.17) is 0 Å². The van der Waals surface area contributed by atoms with Crippen LogP contribution in [-0.2, 0) is 4.79 Å². The molecule has 0 aromatic rings. The van der Waals surface area contributed by atoms with Crippen LogP contribution in [0.5, 0.6) is 0 Å². The molecule has 88 valence electrons. The number of carbonyl (C=O) groups excluding carboxylic acids is 1. The first-order valence-electron chi connectivity index (χ1n) is 5.77. The summed E-state index contributed by atoms with van der Waals surface area (Å²) >= 11 is 0. The molecule has 0 radical (unpaired) electrons. The average Bonchev–Trinajstić information content (AvgIpc) is 2.63. The van der Waals surface area contributed by atoms with E-state index in [9.17, 15) is 9.90 Å². The highest BCUT2D eigenvalue weighted by Gasteiger charge is 2.28. The van der Waals surface area contributed by atoms with Gasteiger partial charge in [-0.1, -0.05) is 6.92 Å². The van der Waals surface area contributed by atoms with Crippen molar-refractivity contribution in [2.45, 2.75) is 51.8 Å². The molecule has 3 atom stereocenters. The fourth-order valence-corrected chi connectivity index (χ4v) is 1.75. The number of hydrogen-bond acceptors (Lipinski definition) is 3. The summed E-state index contributed by atoms with van der Waals surface area (Å²) in [5.41, 5.74) is 0. The van der Waals surface area contributed by atoms with Crippen LogP contribution in [0.2, 0.25) is 0 Å². The molecule has 0 saturated carbocycles. The van der Waals surface area contributed by atoms with E-state index in [1.165, 1.54) is 0 Å². The van der Waals surface area contributed by atoms with E-state index in [0.717, 1.165) is 19.4 Å². The van der Waals surface area contributed by atoms with Gasteiger partial charge in [-0.15, -0.1) is 0 Å². The van der Waals surface area contributed by atoms with E-state index in [2.05, 4.69) is 12.2 Å². The second kappa shape index (κ2) is 5.47. The molecule has 0 bridgehead atoms. The summed E-state index contributed by atoms with van der Waals surface area (Å²) in [6.07, 6.45) is 1.46. The Kier molecular flexibility index (Phi) is 4.54. The third-order valence-corrected chi connectivity index (χ3v) is 3.12. The molecule has 1 amide bonds. The van der Waals surface area contributed by atoms with Gasteiger partial charge in [0.2, 0.25) is 5.91 Å². The largest absolute Gasteiger partial charge is 0.392 e. The summed E-state index contributed by atoms with van der Waals surface area (Å²) in [5, 5.41) is 12.3. The van der Waals surface area contributed by atoms with E-state index in [0.29, 0.717) is 6.54 Å². The highest BCUT2D eigenvalue weighted by Crippen LogP contribution is 2.12. The average molecular weight is 214 g/mol. The van der Waals surface area contributed by atoms with Crippen LogP contribution in [0.15, 0.2) is 0 Å². The first-order chi connectivity index (χ1) is 7.04. The summed E-state index contributed by atoms with van der Waals surface area (Å²) in [4.78, 5) is 13.8. The predicted octanol–water partition coefficient (Wildman–Crippen LogP) is 0.356. The third kappa shape index (κ3) is 3.47. The summed E-state index contributed by atoms with van der Waals surface area (Å²) in [5.74, 6) is 0.0680. The monoisotopic (exact) mass is 214 g/mol. The Bertz CT molecular complexity index is 221. The standard InChI is InChI=1S/C11H22N2O2/c1-4-8(2)12-11(15)9(3)13-6-5-10(14)7-13/h8-10,14H,4-7H2,1-3H3,(H,12,15)/t8?,9?,10-/m0/s1. The van der Waals surface area contributed by atoms with Gasteiger partial charge in [0.05, 0.1) is 12.1 Å². The van der Waals surface area contributed by atoms with Crippen molar-refractivity contribution in [3.05, 3.63) is 0 Å². The van der Waals surface area contributed by atoms with Gasteiger partial charge in [-0.05, 0) is 26.7 Å². The number of amides is 1. The number of aliphatic hydroxyl groups excluding tert-OH is 1. The molecule has 2 N–H and O–H groups in total. The molecule has 1 fully saturated rings. The summed E-state index contributed by atoms with van der Waals surface area (Å²) < 4.78 is 0. The van der Waals surface area contributed by atoms with Gasteiger partial charge < -0.3 is 10.4 Å². The smallest absolute Gasteiger partial charge is 0.237 e. The van der Waals surface area contributed by atoms with Gasteiger partial charge in [0.25, 0.3) is 0 Å². The third-order valence-electron chi connectivity index (χ3n) is 3.12. The molecule has 0 spiro atoms. The number of nitrogens with zero attached hydrogens (tertiary/aromatic N) is 1. The molecule has 0 aliphatic carbocycles. The Morgan fingerprint density at radius 1 is 1.60 bits per heavy atom. The van der Waals surface area contributed by atoms with Crippen LogP contribution in [-0.4, -0.2) is 47.2 Å². The van der Waals surface area contributed by atoms with Crippen LogP contribution in [0, 0.1) is 0 Å². The Hall–Kier alpha value is -0.610. The van der Waals surface area contributed by atoms with Crippen molar-refractivity contribution in [1.82, 2.24) is 10.2 Å². The van der Waals surface area contributed by atoms with Crippen molar-refractivity contribution in [2.24, 2.45) is 0 Å². The van der Waals surface area contributed by atoms with Crippen molar-refractivity contribution < 1.29 is 9.90 Å². The number of hydrogen-bond donors (Lipinski definition) is 2. The molecule has 0 aromatic heterocycles. The van der Waals surface area contributed by atoms with E-state index in [1.807, 2.05) is 18.7 Å². The van der Waals surface area contributed by atoms with Crippen LogP contribution < -0.4 is 5.32 Å². The van der Waals surface area contributed by atoms with Crippen molar-refractivity contribution in [3.63, 3.8) is 0 Å². The molecule has 4 heteroatoms. The van der Waals surface area contributed by atoms with Crippen LogP contribution in [0.4, 0.5) is 0 Å². The minimum Gasteiger partial charge on any atom is -0.392 e. The second-order valence-electron chi connectivity index (χ2n) is 4.43. The maximum absolute atomic E-state index is 11.8. The number of rotatable bonds is 4. The first kappa shape index (κ1) is 12.5. The van der Waals surface area contributed by atoms with Gasteiger partial charge in [0, 0.05) is 19.1 Å². The maximum atomic E-state index is 11.8. The predicted molar refractivity (Wildman–Crippen MR) is 59.6 cm³/mol. The van der Waals surface area contributed by atoms with E-state index >= 15 is 0 Å². The fraction of sp³-hybridized carbons (Fsp3) is 0.909. The van der Waals surface area contributed by atoms with Gasteiger partial charge in [-0.2, -0.15) is 0 Å². The molecular formula is C11H22N2O2. The van der Waals surface area contributed by atoms with Crippen LogP contribution in [0.25, 0.3) is 0 Å². The minimum atomic E-state index is -0.260. The molecular weight excluding hydrogens is 192 g/mol. The van der Waals surface area contributed by atoms with Crippen molar-refractivity contribution in [3.8, 4) is 0 Å². The van der Waals surface area contributed by atoms with Crippen LogP contribution in [0.3, 0.4) is 0 Å². The topological polar surface area (TPSA) is 52.6 Å². The number of β-amino-alcohol motifs (C(OH)–C–C–N with tert-alkyl or cyclic N) is 1. The van der Waals surface area contributed by atoms with E-state index in [-0.39, 0.29) is 24.1 Å². The zero-order valence-electron chi connectivity index (χ0n) is 9.86. The van der Waals surface area contributed by atoms with E-state index < -0.39 is 0 Å². The fourth-order valence-electron chi connectivity index (χ4n) is 1.75. The lowest BCUT2D eigenvalue weighted by Gasteiger charge is -2.24. The van der Waals surface area contributed by atoms with Gasteiger partial charge in [-0.25, -0.2) is 0 Å². The number of likely N-dealkylation sites (tertiary alicyclic amines) is 1.